The first kappa shape index (κ1) is 25.3. The normalized spacial score (nSPS) is 23.9. The number of aromatic hydroxyl groups is 1. The summed E-state index contributed by atoms with van der Waals surface area (Å²) in [5.74, 6) is -1.58. The van der Waals surface area contributed by atoms with E-state index in [2.05, 4.69) is 5.32 Å². The molecule has 0 saturated carbocycles. The molecule has 0 aliphatic carbocycles. The Balaban J connectivity index is 1.60. The number of alkyl halides is 3. The molecule has 2 N–H and O–H groups in total. The van der Waals surface area contributed by atoms with Crippen LogP contribution in [0.2, 0.25) is 0 Å². The first-order valence-electron chi connectivity index (χ1n) is 11.9. The van der Waals surface area contributed by atoms with Gasteiger partial charge in [-0.3, -0.25) is 4.90 Å². The number of halogens is 3. The topological polar surface area (TPSA) is 71.0 Å². The number of benzene rings is 2. The summed E-state index contributed by atoms with van der Waals surface area (Å²) in [7, 11) is 1.63. The van der Waals surface area contributed by atoms with Crippen LogP contribution in [-0.2, 0) is 28.1 Å². The fourth-order valence-electron chi connectivity index (χ4n) is 4.99. The number of piperidine rings is 1. The Bertz CT molecular complexity index is 1040. The third-order valence-corrected chi connectivity index (χ3v) is 6.94. The molecule has 9 heteroatoms. The van der Waals surface area contributed by atoms with Gasteiger partial charge in [-0.25, -0.2) is 4.79 Å². The third-order valence-electron chi connectivity index (χ3n) is 6.94. The number of likely N-dealkylation sites (N-methyl/N-ethyl adjacent to an activating group) is 1. The highest BCUT2D eigenvalue weighted by Gasteiger charge is 2.51. The molecule has 6 nitrogen and oxygen atoms in total. The molecule has 190 valence electrons. The summed E-state index contributed by atoms with van der Waals surface area (Å²) in [6.45, 7) is 3.35. The van der Waals surface area contributed by atoms with Gasteiger partial charge in [0.1, 0.15) is 17.6 Å². The van der Waals surface area contributed by atoms with Crippen molar-refractivity contribution in [3.63, 3.8) is 0 Å². The lowest BCUT2D eigenvalue weighted by Gasteiger charge is -2.45. The fourth-order valence-corrected chi connectivity index (χ4v) is 4.99. The number of esters is 1. The van der Waals surface area contributed by atoms with Crippen LogP contribution < -0.4 is 10.1 Å². The van der Waals surface area contributed by atoms with Crippen molar-refractivity contribution in [1.29, 1.82) is 0 Å². The Morgan fingerprint density at radius 2 is 1.97 bits per heavy atom. The van der Waals surface area contributed by atoms with Gasteiger partial charge in [0, 0.05) is 24.6 Å². The average molecular weight is 493 g/mol. The Kier molecular flexibility index (Phi) is 7.28. The van der Waals surface area contributed by atoms with E-state index in [1.807, 2.05) is 6.92 Å². The molecule has 1 fully saturated rings. The van der Waals surface area contributed by atoms with Crippen LogP contribution in [0.25, 0.3) is 0 Å². The second kappa shape index (κ2) is 10.1. The monoisotopic (exact) mass is 492 g/mol. The van der Waals surface area contributed by atoms with Crippen LogP contribution in [0.3, 0.4) is 0 Å². The predicted octanol–water partition coefficient (Wildman–Crippen LogP) is 4.29. The number of phenols is 1. The maximum absolute atomic E-state index is 13.3. The summed E-state index contributed by atoms with van der Waals surface area (Å²) in [5.41, 5.74) is 0.0876. The van der Waals surface area contributed by atoms with Gasteiger partial charge in [0.05, 0.1) is 0 Å². The molecule has 2 aromatic rings. The standard InChI is InChI=1S/C26H31F3N2O4/c1-17(23-5-3-4-13-30-23)34-21-9-6-18(7-10-21)16-25(35-24(33)26(27,28)29)22-11-8-20(32)15-19(22)12-14-31(25)2/h6-11,15,17,23,30,32H,3-5,12-14,16H2,1-2H3. The molecule has 2 aliphatic heterocycles. The van der Waals surface area contributed by atoms with Gasteiger partial charge in [-0.05, 0) is 81.2 Å². The van der Waals surface area contributed by atoms with E-state index in [0.717, 1.165) is 25.8 Å². The van der Waals surface area contributed by atoms with Gasteiger partial charge in [0.15, 0.2) is 5.72 Å². The van der Waals surface area contributed by atoms with Gasteiger partial charge >= 0.3 is 12.1 Å². The number of rotatable bonds is 6. The average Bonchev–Trinajstić information content (AvgIpc) is 2.82. The first-order valence-corrected chi connectivity index (χ1v) is 11.9. The quantitative estimate of drug-likeness (QED) is 0.587. The highest BCUT2D eigenvalue weighted by atomic mass is 19.4. The van der Waals surface area contributed by atoms with E-state index < -0.39 is 17.9 Å². The van der Waals surface area contributed by atoms with E-state index >= 15 is 0 Å². The molecular formula is C26H31F3N2O4. The van der Waals surface area contributed by atoms with Crippen molar-refractivity contribution in [2.45, 2.75) is 63.1 Å². The molecule has 4 rings (SSSR count). The van der Waals surface area contributed by atoms with Crippen molar-refractivity contribution < 1.29 is 32.5 Å². The van der Waals surface area contributed by atoms with Crippen LogP contribution >= 0.6 is 0 Å². The number of carbonyl (C=O) groups excluding carboxylic acids is 1. The molecule has 3 unspecified atom stereocenters. The smallest absolute Gasteiger partial charge is 0.491 e. The molecular weight excluding hydrogens is 461 g/mol. The maximum Gasteiger partial charge on any atom is 0.491 e. The Morgan fingerprint density at radius 3 is 2.63 bits per heavy atom. The van der Waals surface area contributed by atoms with Crippen LogP contribution in [-0.4, -0.2) is 54.4 Å². The van der Waals surface area contributed by atoms with Crippen molar-refractivity contribution in [2.24, 2.45) is 0 Å². The molecule has 2 aromatic carbocycles. The van der Waals surface area contributed by atoms with Gasteiger partial charge in [-0.2, -0.15) is 13.2 Å². The van der Waals surface area contributed by atoms with Crippen molar-refractivity contribution in [2.75, 3.05) is 20.1 Å². The van der Waals surface area contributed by atoms with E-state index in [9.17, 15) is 23.1 Å². The molecule has 1 saturated heterocycles. The number of nitrogens with one attached hydrogen (secondary N) is 1. The number of phenolic OH excluding ortho intramolecular Hbond substituents is 1. The molecule has 0 bridgehead atoms. The second-order valence-corrected chi connectivity index (χ2v) is 9.38. The van der Waals surface area contributed by atoms with Gasteiger partial charge in [-0.1, -0.05) is 18.6 Å². The van der Waals surface area contributed by atoms with E-state index in [1.54, 1.807) is 36.2 Å². The number of fused-ring (bicyclic) bond motifs is 1. The third kappa shape index (κ3) is 5.56. The van der Waals surface area contributed by atoms with E-state index in [-0.39, 0.29) is 24.3 Å². The van der Waals surface area contributed by atoms with Gasteiger partial charge in [0.2, 0.25) is 0 Å². The first-order chi connectivity index (χ1) is 16.6. The summed E-state index contributed by atoms with van der Waals surface area (Å²) >= 11 is 0. The zero-order valence-electron chi connectivity index (χ0n) is 19.9. The largest absolute Gasteiger partial charge is 0.508 e. The van der Waals surface area contributed by atoms with Gasteiger partial charge in [-0.15, -0.1) is 0 Å². The van der Waals surface area contributed by atoms with Crippen LogP contribution in [0, 0.1) is 0 Å². The Labute approximate surface area is 203 Å². The van der Waals surface area contributed by atoms with E-state index in [0.29, 0.717) is 35.4 Å². The molecule has 0 radical (unpaired) electrons. The van der Waals surface area contributed by atoms with Crippen LogP contribution in [0.4, 0.5) is 13.2 Å². The molecule has 2 heterocycles. The lowest BCUT2D eigenvalue weighted by Crippen LogP contribution is -2.54. The highest BCUT2D eigenvalue weighted by molar-refractivity contribution is 5.76. The lowest BCUT2D eigenvalue weighted by molar-refractivity contribution is -0.234. The summed E-state index contributed by atoms with van der Waals surface area (Å²) in [5, 5.41) is 13.4. The fraction of sp³-hybridized carbons (Fsp3) is 0.500. The van der Waals surface area contributed by atoms with Crippen molar-refractivity contribution in [3.8, 4) is 11.5 Å². The zero-order chi connectivity index (χ0) is 25.2. The molecule has 0 amide bonds. The SMILES string of the molecule is CC(Oc1ccc(CC2(OC(=O)C(F)(F)F)c3ccc(O)cc3CCN2C)cc1)C1CCCCN1. The minimum Gasteiger partial charge on any atom is -0.508 e. The molecule has 2 aliphatic rings. The highest BCUT2D eigenvalue weighted by Crippen LogP contribution is 2.41. The minimum atomic E-state index is -5.14. The van der Waals surface area contributed by atoms with Gasteiger partial charge < -0.3 is 19.9 Å². The molecule has 3 atom stereocenters. The van der Waals surface area contributed by atoms with Crippen molar-refractivity contribution in [3.05, 3.63) is 59.2 Å². The predicted molar refractivity (Wildman–Crippen MR) is 124 cm³/mol. The number of ether oxygens (including phenoxy) is 2. The number of hydrogen-bond donors (Lipinski definition) is 2. The number of nitrogens with zero attached hydrogens (tertiary/aromatic N) is 1. The Morgan fingerprint density at radius 1 is 1.23 bits per heavy atom. The van der Waals surface area contributed by atoms with E-state index in [4.69, 9.17) is 9.47 Å². The minimum absolute atomic E-state index is 0.00308. The summed E-state index contributed by atoms with van der Waals surface area (Å²) in [4.78, 5) is 13.6. The zero-order valence-corrected chi connectivity index (χ0v) is 19.9. The maximum atomic E-state index is 13.3. The number of carbonyl (C=O) groups is 1. The van der Waals surface area contributed by atoms with E-state index in [1.165, 1.54) is 18.2 Å². The molecule has 0 spiro atoms. The molecule has 0 aromatic heterocycles. The van der Waals surface area contributed by atoms with Crippen LogP contribution in [0.15, 0.2) is 42.5 Å². The van der Waals surface area contributed by atoms with Crippen molar-refractivity contribution in [1.82, 2.24) is 10.2 Å². The van der Waals surface area contributed by atoms with Gasteiger partial charge in [0.25, 0.3) is 0 Å². The summed E-state index contributed by atoms with van der Waals surface area (Å²) in [6.07, 6.45) is -1.28. The lowest BCUT2D eigenvalue weighted by atomic mass is 9.85. The van der Waals surface area contributed by atoms with Crippen LogP contribution in [0.1, 0.15) is 42.9 Å². The van der Waals surface area contributed by atoms with Crippen molar-refractivity contribution >= 4 is 5.97 Å². The van der Waals surface area contributed by atoms with Crippen LogP contribution in [0.5, 0.6) is 11.5 Å². The second-order valence-electron chi connectivity index (χ2n) is 9.38. The Hall–Kier alpha value is -2.78. The molecule has 35 heavy (non-hydrogen) atoms. The summed E-state index contributed by atoms with van der Waals surface area (Å²) in [6, 6.07) is 11.8. The number of hydrogen-bond acceptors (Lipinski definition) is 6. The summed E-state index contributed by atoms with van der Waals surface area (Å²) < 4.78 is 51.1.